The first-order valence-corrected chi connectivity index (χ1v) is 13.5. The standard InChI is InChI=1S/C35H34N2/c1-34(2,3)19-21-10-11-23-18-29-28(17-25(23)16-21)31-30-22(14-15-36-31)12-13-27-26-9-7-8-24(20-35(4,5)6)32(26)37(29)33(27)30/h7-18H,19-20H2,1-6H3. The van der Waals surface area contributed by atoms with E-state index in [9.17, 15) is 0 Å². The van der Waals surface area contributed by atoms with Gasteiger partial charge in [0.2, 0.25) is 0 Å². The first-order chi connectivity index (χ1) is 17.6. The third-order valence-corrected chi connectivity index (χ3v) is 7.73. The molecule has 0 aliphatic heterocycles. The van der Waals surface area contributed by atoms with Gasteiger partial charge < -0.3 is 4.40 Å². The van der Waals surface area contributed by atoms with Crippen molar-refractivity contribution in [3.8, 4) is 0 Å². The molecule has 0 N–H and O–H groups in total. The fourth-order valence-corrected chi connectivity index (χ4v) is 6.48. The fourth-order valence-electron chi connectivity index (χ4n) is 6.48. The Morgan fingerprint density at radius 3 is 2.19 bits per heavy atom. The lowest BCUT2D eigenvalue weighted by Crippen LogP contribution is -2.10. The van der Waals surface area contributed by atoms with Gasteiger partial charge in [0.15, 0.2) is 0 Å². The smallest absolute Gasteiger partial charge is 0.0822 e. The summed E-state index contributed by atoms with van der Waals surface area (Å²) in [7, 11) is 0. The first-order valence-electron chi connectivity index (χ1n) is 13.5. The summed E-state index contributed by atoms with van der Waals surface area (Å²) in [6.07, 6.45) is 4.06. The number of para-hydroxylation sites is 1. The molecule has 0 unspecified atom stereocenters. The minimum Gasteiger partial charge on any atom is -0.308 e. The molecule has 0 spiro atoms. The van der Waals surface area contributed by atoms with Crippen molar-refractivity contribution in [2.45, 2.75) is 54.4 Å². The van der Waals surface area contributed by atoms with Crippen LogP contribution in [0, 0.1) is 10.8 Å². The van der Waals surface area contributed by atoms with Gasteiger partial charge in [-0.3, -0.25) is 4.98 Å². The molecule has 184 valence electrons. The van der Waals surface area contributed by atoms with Crippen molar-refractivity contribution in [2.75, 3.05) is 0 Å². The third-order valence-electron chi connectivity index (χ3n) is 7.73. The Morgan fingerprint density at radius 1 is 0.649 bits per heavy atom. The highest BCUT2D eigenvalue weighted by molar-refractivity contribution is 6.28. The first kappa shape index (κ1) is 22.5. The van der Waals surface area contributed by atoms with Crippen LogP contribution in [-0.4, -0.2) is 9.38 Å². The third kappa shape index (κ3) is 3.49. The van der Waals surface area contributed by atoms with Crippen molar-refractivity contribution in [3.05, 3.63) is 84.1 Å². The van der Waals surface area contributed by atoms with Gasteiger partial charge in [-0.1, -0.05) is 90.1 Å². The summed E-state index contributed by atoms with van der Waals surface area (Å²) < 4.78 is 2.56. The summed E-state index contributed by atoms with van der Waals surface area (Å²) in [5.41, 5.74) is 8.26. The maximum atomic E-state index is 4.99. The molecule has 37 heavy (non-hydrogen) atoms. The van der Waals surface area contributed by atoms with Crippen LogP contribution in [0.15, 0.2) is 72.9 Å². The Balaban J connectivity index is 1.69. The van der Waals surface area contributed by atoms with Crippen molar-refractivity contribution in [3.63, 3.8) is 0 Å². The van der Waals surface area contributed by atoms with Crippen LogP contribution in [0.2, 0.25) is 0 Å². The topological polar surface area (TPSA) is 17.3 Å². The van der Waals surface area contributed by atoms with Gasteiger partial charge in [0.25, 0.3) is 0 Å². The molecule has 0 radical (unpaired) electrons. The van der Waals surface area contributed by atoms with E-state index < -0.39 is 0 Å². The lowest BCUT2D eigenvalue weighted by Gasteiger charge is -2.20. The zero-order valence-corrected chi connectivity index (χ0v) is 22.7. The van der Waals surface area contributed by atoms with E-state index in [1.807, 2.05) is 6.20 Å². The highest BCUT2D eigenvalue weighted by Crippen LogP contribution is 2.43. The van der Waals surface area contributed by atoms with E-state index >= 15 is 0 Å². The van der Waals surface area contributed by atoms with Gasteiger partial charge in [-0.05, 0) is 69.2 Å². The Kier molecular flexibility index (Phi) is 4.54. The van der Waals surface area contributed by atoms with Gasteiger partial charge in [-0.25, -0.2) is 0 Å². The molecule has 0 aliphatic rings. The molecular weight excluding hydrogens is 448 g/mol. The average molecular weight is 483 g/mol. The summed E-state index contributed by atoms with van der Waals surface area (Å²) >= 11 is 0. The maximum Gasteiger partial charge on any atom is 0.0822 e. The normalized spacial score (nSPS) is 13.4. The zero-order chi connectivity index (χ0) is 25.7. The largest absolute Gasteiger partial charge is 0.308 e. The van der Waals surface area contributed by atoms with Crippen molar-refractivity contribution < 1.29 is 0 Å². The molecule has 0 bridgehead atoms. The van der Waals surface area contributed by atoms with Gasteiger partial charge in [0.05, 0.1) is 22.1 Å². The van der Waals surface area contributed by atoms with Crippen LogP contribution in [-0.2, 0) is 12.8 Å². The second-order valence-electron chi connectivity index (χ2n) is 13.4. The van der Waals surface area contributed by atoms with E-state index in [0.29, 0.717) is 0 Å². The van der Waals surface area contributed by atoms with Crippen LogP contribution in [0.3, 0.4) is 0 Å². The van der Waals surface area contributed by atoms with Crippen molar-refractivity contribution in [1.82, 2.24) is 9.38 Å². The van der Waals surface area contributed by atoms with E-state index in [4.69, 9.17) is 4.98 Å². The Labute approximate surface area is 218 Å². The molecule has 0 saturated heterocycles. The van der Waals surface area contributed by atoms with Gasteiger partial charge >= 0.3 is 0 Å². The molecular formula is C35H34N2. The van der Waals surface area contributed by atoms with E-state index in [1.54, 1.807) is 0 Å². The molecule has 0 fully saturated rings. The van der Waals surface area contributed by atoms with Gasteiger partial charge in [-0.2, -0.15) is 0 Å². The molecule has 0 atom stereocenters. The minimum absolute atomic E-state index is 0.199. The number of pyridine rings is 2. The van der Waals surface area contributed by atoms with Gasteiger partial charge in [-0.15, -0.1) is 0 Å². The van der Waals surface area contributed by atoms with E-state index in [2.05, 4.69) is 113 Å². The second kappa shape index (κ2) is 7.44. The summed E-state index contributed by atoms with van der Waals surface area (Å²) in [5.74, 6) is 0. The van der Waals surface area contributed by atoms with Crippen molar-refractivity contribution in [1.29, 1.82) is 0 Å². The summed E-state index contributed by atoms with van der Waals surface area (Å²) in [5, 5.41) is 8.99. The van der Waals surface area contributed by atoms with E-state index in [0.717, 1.165) is 18.4 Å². The monoisotopic (exact) mass is 482 g/mol. The summed E-state index contributed by atoms with van der Waals surface area (Å²) in [6.45, 7) is 13.9. The molecule has 3 aromatic heterocycles. The zero-order valence-electron chi connectivity index (χ0n) is 22.7. The number of nitrogens with zero attached hydrogens (tertiary/aromatic N) is 2. The number of benzene rings is 4. The van der Waals surface area contributed by atoms with Crippen LogP contribution in [0.25, 0.3) is 59.8 Å². The highest BCUT2D eigenvalue weighted by atomic mass is 14.9. The Bertz CT molecular complexity index is 1990. The SMILES string of the molecule is CC(C)(C)Cc1ccc2cc3c(cc2c1)c1nccc2ccc4c5cccc(CC(C)(C)C)c5n3c4c21. The highest BCUT2D eigenvalue weighted by Gasteiger charge is 2.22. The minimum atomic E-state index is 0.199. The lowest BCUT2D eigenvalue weighted by atomic mass is 9.87. The fraction of sp³-hybridized carbons (Fsp3) is 0.286. The van der Waals surface area contributed by atoms with E-state index in [1.165, 1.54) is 65.4 Å². The van der Waals surface area contributed by atoms with E-state index in [-0.39, 0.29) is 10.8 Å². The molecule has 0 aliphatic carbocycles. The van der Waals surface area contributed by atoms with Crippen LogP contribution in [0.5, 0.6) is 0 Å². The number of rotatable bonds is 2. The molecule has 7 aromatic rings. The Hall–Kier alpha value is -3.65. The molecule has 7 rings (SSSR count). The molecule has 2 heteroatoms. The van der Waals surface area contributed by atoms with Crippen LogP contribution >= 0.6 is 0 Å². The molecule has 4 aromatic carbocycles. The molecule has 0 amide bonds. The Morgan fingerprint density at radius 2 is 1.41 bits per heavy atom. The number of aromatic nitrogens is 2. The second-order valence-corrected chi connectivity index (χ2v) is 13.4. The van der Waals surface area contributed by atoms with Gasteiger partial charge in [0.1, 0.15) is 0 Å². The molecule has 0 saturated carbocycles. The van der Waals surface area contributed by atoms with Crippen LogP contribution in [0.1, 0.15) is 52.7 Å². The summed E-state index contributed by atoms with van der Waals surface area (Å²) in [4.78, 5) is 4.99. The van der Waals surface area contributed by atoms with Crippen LogP contribution < -0.4 is 0 Å². The molecule has 3 heterocycles. The van der Waals surface area contributed by atoms with Crippen molar-refractivity contribution in [2.24, 2.45) is 10.8 Å². The number of hydrogen-bond donors (Lipinski definition) is 0. The summed E-state index contributed by atoms with van der Waals surface area (Å²) in [6, 6.07) is 25.4. The maximum absolute atomic E-state index is 4.99. The predicted octanol–water partition coefficient (Wildman–Crippen LogP) is 9.72. The quantitative estimate of drug-likeness (QED) is 0.177. The predicted molar refractivity (Wildman–Crippen MR) is 160 cm³/mol. The number of hydrogen-bond acceptors (Lipinski definition) is 1. The average Bonchev–Trinajstić information content (AvgIpc) is 3.17. The lowest BCUT2D eigenvalue weighted by molar-refractivity contribution is 0.411. The molecule has 2 nitrogen and oxygen atoms in total. The van der Waals surface area contributed by atoms with Crippen LogP contribution in [0.4, 0.5) is 0 Å². The van der Waals surface area contributed by atoms with Crippen molar-refractivity contribution >= 4 is 59.8 Å². The number of fused-ring (bicyclic) bond motifs is 7. The van der Waals surface area contributed by atoms with Gasteiger partial charge in [0, 0.05) is 27.7 Å².